The number of ether oxygens (including phenoxy) is 3. The first-order valence-electron chi connectivity index (χ1n) is 10.9. The summed E-state index contributed by atoms with van der Waals surface area (Å²) in [6, 6.07) is 5.51. The Morgan fingerprint density at radius 1 is 1.24 bits per heavy atom. The molecule has 29 heavy (non-hydrogen) atoms. The largest absolute Gasteiger partial charge is 0.475 e. The average Bonchev–Trinajstić information content (AvgIpc) is 2.90. The lowest BCUT2D eigenvalue weighted by Crippen LogP contribution is -2.51. The summed E-state index contributed by atoms with van der Waals surface area (Å²) >= 11 is 0. The van der Waals surface area contributed by atoms with E-state index in [-0.39, 0.29) is 18.2 Å². The van der Waals surface area contributed by atoms with E-state index >= 15 is 0 Å². The van der Waals surface area contributed by atoms with Crippen LogP contribution >= 0.6 is 0 Å². The molecular formula is C23H36N2O4. The number of amides is 1. The Bertz CT molecular complexity index is 665. The van der Waals surface area contributed by atoms with Gasteiger partial charge in [0.25, 0.3) is 0 Å². The van der Waals surface area contributed by atoms with Crippen LogP contribution in [-0.2, 0) is 9.47 Å². The van der Waals surface area contributed by atoms with Gasteiger partial charge in [0.2, 0.25) is 5.88 Å². The molecule has 1 aliphatic carbocycles. The molecule has 1 saturated heterocycles. The molecule has 0 N–H and O–H groups in total. The lowest BCUT2D eigenvalue weighted by Gasteiger charge is -2.36. The third-order valence-corrected chi connectivity index (χ3v) is 5.70. The van der Waals surface area contributed by atoms with Crippen molar-refractivity contribution in [3.63, 3.8) is 0 Å². The predicted octanol–water partition coefficient (Wildman–Crippen LogP) is 5.17. The van der Waals surface area contributed by atoms with Gasteiger partial charge in [0.1, 0.15) is 24.0 Å². The highest BCUT2D eigenvalue weighted by Crippen LogP contribution is 2.39. The van der Waals surface area contributed by atoms with Gasteiger partial charge < -0.3 is 14.2 Å². The third-order valence-electron chi connectivity index (χ3n) is 5.70. The number of aromatic nitrogens is 1. The van der Waals surface area contributed by atoms with Gasteiger partial charge in [0.15, 0.2) is 0 Å². The zero-order valence-corrected chi connectivity index (χ0v) is 18.5. The monoisotopic (exact) mass is 404 g/mol. The zero-order valence-electron chi connectivity index (χ0n) is 18.5. The van der Waals surface area contributed by atoms with Crippen molar-refractivity contribution in [2.24, 2.45) is 5.92 Å². The molecule has 6 nitrogen and oxygen atoms in total. The maximum atomic E-state index is 13.1. The van der Waals surface area contributed by atoms with Crippen LogP contribution in [0.2, 0.25) is 0 Å². The molecule has 0 radical (unpaired) electrons. The van der Waals surface area contributed by atoms with Crippen molar-refractivity contribution in [2.45, 2.75) is 96.6 Å². The van der Waals surface area contributed by atoms with E-state index in [2.05, 4.69) is 4.98 Å². The average molecular weight is 405 g/mol. The van der Waals surface area contributed by atoms with Crippen LogP contribution in [0.5, 0.6) is 5.88 Å². The van der Waals surface area contributed by atoms with Crippen LogP contribution in [0.4, 0.5) is 4.79 Å². The topological polar surface area (TPSA) is 60.9 Å². The molecule has 0 aromatic carbocycles. The highest BCUT2D eigenvalue weighted by Gasteiger charge is 2.51. The smallest absolute Gasteiger partial charge is 0.412 e. The molecule has 6 heteroatoms. The normalized spacial score (nSPS) is 25.1. The Balaban J connectivity index is 1.78. The van der Waals surface area contributed by atoms with Gasteiger partial charge in [-0.15, -0.1) is 0 Å². The van der Waals surface area contributed by atoms with E-state index in [9.17, 15) is 4.79 Å². The fraction of sp³-hybridized carbons (Fsp3) is 0.739. The summed E-state index contributed by atoms with van der Waals surface area (Å²) in [4.78, 5) is 19.2. The second-order valence-electron chi connectivity index (χ2n) is 9.74. The summed E-state index contributed by atoms with van der Waals surface area (Å²) in [5.74, 6) is 1.18. The molecule has 162 valence electrons. The summed E-state index contributed by atoms with van der Waals surface area (Å²) < 4.78 is 18.0. The number of nitrogens with zero attached hydrogens (tertiary/aromatic N) is 2. The van der Waals surface area contributed by atoms with Gasteiger partial charge in [-0.1, -0.05) is 38.2 Å². The Labute approximate surface area is 174 Å². The summed E-state index contributed by atoms with van der Waals surface area (Å²) in [6.07, 6.45) is 8.36. The van der Waals surface area contributed by atoms with E-state index in [4.69, 9.17) is 14.2 Å². The van der Waals surface area contributed by atoms with Crippen molar-refractivity contribution in [1.82, 2.24) is 9.88 Å². The molecule has 1 aromatic heterocycles. The standard InChI is InChI=1S/C23H36N2O4/c1-22(2,3)29-21(26)25-18(15-17-11-7-6-8-12-17)19(28-23(25,4)5)16-27-20-13-9-10-14-24-20/h9-10,13-14,17-19H,6-8,11-12,15-16H2,1-5H3/t18-,19-/m0/s1. The molecule has 1 amide bonds. The summed E-state index contributed by atoms with van der Waals surface area (Å²) in [5.41, 5.74) is -1.30. The van der Waals surface area contributed by atoms with Crippen molar-refractivity contribution in [2.75, 3.05) is 6.61 Å². The SMILES string of the molecule is CC(C)(C)OC(=O)N1[C@@H](CC2CCCCC2)[C@H](COc2ccccn2)OC1(C)C. The Morgan fingerprint density at radius 2 is 1.97 bits per heavy atom. The van der Waals surface area contributed by atoms with E-state index in [1.54, 1.807) is 11.1 Å². The third kappa shape index (κ3) is 5.84. The molecule has 3 rings (SSSR count). The van der Waals surface area contributed by atoms with Gasteiger partial charge in [-0.3, -0.25) is 4.90 Å². The first kappa shape index (κ1) is 21.9. The number of pyridine rings is 1. The van der Waals surface area contributed by atoms with Crippen molar-refractivity contribution >= 4 is 6.09 Å². The molecule has 1 aromatic rings. The molecule has 2 fully saturated rings. The van der Waals surface area contributed by atoms with E-state index in [1.165, 1.54) is 32.1 Å². The molecule has 1 aliphatic heterocycles. The number of rotatable bonds is 5. The van der Waals surface area contributed by atoms with Gasteiger partial charge in [0.05, 0.1) is 6.04 Å². The molecule has 0 bridgehead atoms. The van der Waals surface area contributed by atoms with Crippen LogP contribution in [0, 0.1) is 5.92 Å². The van der Waals surface area contributed by atoms with Crippen LogP contribution in [0.3, 0.4) is 0 Å². The molecule has 2 atom stereocenters. The minimum atomic E-state index is -0.750. The lowest BCUT2D eigenvalue weighted by atomic mass is 9.83. The van der Waals surface area contributed by atoms with Crippen molar-refractivity contribution in [3.05, 3.63) is 24.4 Å². The maximum absolute atomic E-state index is 13.1. The molecule has 1 saturated carbocycles. The van der Waals surface area contributed by atoms with Crippen molar-refractivity contribution in [3.8, 4) is 5.88 Å². The second kappa shape index (κ2) is 8.90. The first-order chi connectivity index (χ1) is 13.7. The van der Waals surface area contributed by atoms with Crippen LogP contribution < -0.4 is 4.74 Å². The number of hydrogen-bond donors (Lipinski definition) is 0. The second-order valence-corrected chi connectivity index (χ2v) is 9.74. The van der Waals surface area contributed by atoms with Crippen LogP contribution in [0.15, 0.2) is 24.4 Å². The minimum Gasteiger partial charge on any atom is -0.475 e. The fourth-order valence-electron chi connectivity index (χ4n) is 4.50. The fourth-order valence-corrected chi connectivity index (χ4v) is 4.50. The molecule has 2 heterocycles. The van der Waals surface area contributed by atoms with Gasteiger partial charge >= 0.3 is 6.09 Å². The maximum Gasteiger partial charge on any atom is 0.412 e. The molecule has 0 unspecified atom stereocenters. The first-order valence-corrected chi connectivity index (χ1v) is 10.9. The van der Waals surface area contributed by atoms with E-state index in [1.807, 2.05) is 52.8 Å². The Hall–Kier alpha value is -1.82. The molecule has 2 aliphatic rings. The van der Waals surface area contributed by atoms with Gasteiger partial charge in [-0.25, -0.2) is 9.78 Å². The van der Waals surface area contributed by atoms with Crippen molar-refractivity contribution in [1.29, 1.82) is 0 Å². The zero-order chi connectivity index (χ0) is 21.1. The van der Waals surface area contributed by atoms with Gasteiger partial charge in [-0.2, -0.15) is 0 Å². The van der Waals surface area contributed by atoms with Gasteiger partial charge in [0, 0.05) is 12.3 Å². The Kier molecular flexibility index (Phi) is 6.72. The molecule has 0 spiro atoms. The van der Waals surface area contributed by atoms with E-state index in [0.717, 1.165) is 6.42 Å². The molecular weight excluding hydrogens is 368 g/mol. The number of carbonyl (C=O) groups excluding carboxylic acids is 1. The predicted molar refractivity (Wildman–Crippen MR) is 112 cm³/mol. The summed E-state index contributed by atoms with van der Waals surface area (Å²) in [6.45, 7) is 9.92. The highest BCUT2D eigenvalue weighted by molar-refractivity contribution is 5.70. The lowest BCUT2D eigenvalue weighted by molar-refractivity contribution is -0.0850. The van der Waals surface area contributed by atoms with Crippen molar-refractivity contribution < 1.29 is 19.0 Å². The minimum absolute atomic E-state index is 0.0772. The highest BCUT2D eigenvalue weighted by atomic mass is 16.6. The Morgan fingerprint density at radius 3 is 2.59 bits per heavy atom. The number of carbonyl (C=O) groups is 1. The summed E-state index contributed by atoms with van der Waals surface area (Å²) in [5, 5.41) is 0. The number of hydrogen-bond acceptors (Lipinski definition) is 5. The van der Waals surface area contributed by atoms with E-state index < -0.39 is 11.3 Å². The van der Waals surface area contributed by atoms with Crippen LogP contribution in [-0.4, -0.2) is 46.1 Å². The van der Waals surface area contributed by atoms with Gasteiger partial charge in [-0.05, 0) is 53.0 Å². The summed E-state index contributed by atoms with van der Waals surface area (Å²) in [7, 11) is 0. The van der Waals surface area contributed by atoms with E-state index in [0.29, 0.717) is 18.4 Å². The van der Waals surface area contributed by atoms with Crippen LogP contribution in [0.1, 0.15) is 73.1 Å². The quantitative estimate of drug-likeness (QED) is 0.677. The van der Waals surface area contributed by atoms with Crippen LogP contribution in [0.25, 0.3) is 0 Å².